The summed E-state index contributed by atoms with van der Waals surface area (Å²) >= 11 is 0. The Morgan fingerprint density at radius 3 is 0.931 bits per heavy atom. The van der Waals surface area contributed by atoms with E-state index in [1.54, 1.807) is 24.8 Å². The van der Waals surface area contributed by atoms with Crippen LogP contribution in [0.5, 0.6) is 0 Å². The van der Waals surface area contributed by atoms with Crippen LogP contribution in [0, 0.1) is 0 Å². The maximum atomic E-state index is 5.15. The van der Waals surface area contributed by atoms with Gasteiger partial charge in [-0.3, -0.25) is 0 Å². The number of benzene rings is 10. The van der Waals surface area contributed by atoms with Gasteiger partial charge in [-0.15, -0.1) is 0 Å². The minimum atomic E-state index is 0.585. The van der Waals surface area contributed by atoms with Crippen LogP contribution >= 0.6 is 0 Å². The fourth-order valence-electron chi connectivity index (χ4n) is 11.5. The maximum Gasteiger partial charge on any atom is 0.160 e. The molecule has 0 aliphatic heterocycles. The van der Waals surface area contributed by atoms with Crippen molar-refractivity contribution in [2.45, 2.75) is 0 Å². The first-order valence-corrected chi connectivity index (χ1v) is 24.2. The molecule has 0 saturated heterocycles. The molecule has 0 fully saturated rings. The predicted molar refractivity (Wildman–Crippen MR) is 295 cm³/mol. The fourth-order valence-corrected chi connectivity index (χ4v) is 11.5. The first-order chi connectivity index (χ1) is 35.7. The fraction of sp³-hybridized carbons (Fsp3) is 0. The summed E-state index contributed by atoms with van der Waals surface area (Å²) in [6.07, 6.45) is 10.9. The average Bonchev–Trinajstić information content (AvgIpc) is 3.97. The summed E-state index contributed by atoms with van der Waals surface area (Å²) in [5, 5.41) is 14.3. The zero-order valence-corrected chi connectivity index (χ0v) is 38.6. The summed E-state index contributed by atoms with van der Waals surface area (Å²) in [5.41, 5.74) is 13.5. The van der Waals surface area contributed by atoms with Crippen LogP contribution in [0.15, 0.2) is 237 Å². The van der Waals surface area contributed by atoms with E-state index in [1.807, 2.05) is 30.6 Å². The highest BCUT2D eigenvalue weighted by Crippen LogP contribution is 2.62. The largest absolute Gasteiger partial charge is 0.237 e. The second-order valence-corrected chi connectivity index (χ2v) is 18.6. The van der Waals surface area contributed by atoms with Crippen LogP contribution in [0.4, 0.5) is 0 Å². The van der Waals surface area contributed by atoms with Crippen molar-refractivity contribution in [2.24, 2.45) is 0 Å². The van der Waals surface area contributed by atoms with Crippen molar-refractivity contribution in [2.75, 3.05) is 0 Å². The Morgan fingerprint density at radius 2 is 0.514 bits per heavy atom. The van der Waals surface area contributed by atoms with Crippen LogP contribution in [-0.2, 0) is 0 Å². The molecule has 6 heteroatoms. The number of hydrogen-bond acceptors (Lipinski definition) is 6. The van der Waals surface area contributed by atoms with Gasteiger partial charge in [0.2, 0.25) is 0 Å². The van der Waals surface area contributed by atoms with Gasteiger partial charge in [-0.25, -0.2) is 29.9 Å². The third kappa shape index (κ3) is 6.16. The first kappa shape index (κ1) is 40.1. The molecule has 10 aromatic carbocycles. The van der Waals surface area contributed by atoms with Crippen LogP contribution in [0.25, 0.3) is 115 Å². The molecule has 2 aliphatic rings. The monoisotopic (exact) mass is 914 g/mol. The first-order valence-electron chi connectivity index (χ1n) is 24.2. The quantitative estimate of drug-likeness (QED) is 0.155. The smallest absolute Gasteiger partial charge is 0.160 e. The van der Waals surface area contributed by atoms with Crippen LogP contribution in [0.1, 0.15) is 33.6 Å². The van der Waals surface area contributed by atoms with E-state index in [0.717, 1.165) is 72.4 Å². The van der Waals surface area contributed by atoms with Crippen molar-refractivity contribution in [3.8, 4) is 22.8 Å². The number of rotatable bonds is 6. The Morgan fingerprint density at radius 1 is 0.194 bits per heavy atom. The standard InChI is InChI=1S/C66H38N6/c1-4-13-48-39(10-1)16-19-42-22-25-45(34-51(42)48)58-54-37-56(64-67-28-7-29-68-64)57(65-69-30-8-31-70-65)38-55(54)61-62(58)59(46-26-23-43-20-17-40-11-2-5-14-49(40)52(43)35-46)60(63(61)66-71-32-9-33-72-66)47-27-24-44-21-18-41-12-3-6-15-50(41)53(44)36-47/h1-38H. The molecule has 0 saturated carbocycles. The van der Waals surface area contributed by atoms with Crippen LogP contribution in [0.3, 0.4) is 0 Å². The minimum absolute atomic E-state index is 0.585. The Balaban J connectivity index is 1.14. The predicted octanol–water partition coefficient (Wildman–Crippen LogP) is 15.7. The lowest BCUT2D eigenvalue weighted by molar-refractivity contribution is 1.12. The zero-order chi connectivity index (χ0) is 47.3. The molecule has 0 spiro atoms. The summed E-state index contributed by atoms with van der Waals surface area (Å²) in [6.45, 7) is 0. The molecule has 0 radical (unpaired) electrons. The molecular formula is C66H38N6. The van der Waals surface area contributed by atoms with Crippen molar-refractivity contribution in [3.05, 3.63) is 271 Å². The number of allylic oxidation sites excluding steroid dienone is 5. The van der Waals surface area contributed by atoms with Crippen molar-refractivity contribution >= 4 is 92.5 Å². The molecule has 332 valence electrons. The van der Waals surface area contributed by atoms with Gasteiger partial charge in [0.15, 0.2) is 17.5 Å². The molecule has 0 N–H and O–H groups in total. The zero-order valence-electron chi connectivity index (χ0n) is 38.6. The van der Waals surface area contributed by atoms with Gasteiger partial charge in [0.25, 0.3) is 0 Å². The lowest BCUT2D eigenvalue weighted by Crippen LogP contribution is -2.01. The lowest BCUT2D eigenvalue weighted by Gasteiger charge is -2.18. The van der Waals surface area contributed by atoms with Crippen LogP contribution in [0.2, 0.25) is 0 Å². The van der Waals surface area contributed by atoms with Crippen molar-refractivity contribution in [1.82, 2.24) is 29.9 Å². The van der Waals surface area contributed by atoms with Gasteiger partial charge in [-0.2, -0.15) is 0 Å². The SMILES string of the molecule is c1cnc(C2=C3C(=C(c4ccc5ccc6ccccc6c5c4)c4cc(-c5ncccn5)c(-c5ncccn5)cc43)C(c3ccc4ccc5ccccc5c4c3)=C2c2ccc3ccc4ccccc4c3c2)nc1. The van der Waals surface area contributed by atoms with E-state index in [4.69, 9.17) is 29.9 Å². The third-order valence-corrected chi connectivity index (χ3v) is 14.7. The molecule has 0 amide bonds. The van der Waals surface area contributed by atoms with E-state index in [2.05, 4.69) is 176 Å². The average molecular weight is 915 g/mol. The van der Waals surface area contributed by atoms with Gasteiger partial charge in [0, 0.05) is 65.0 Å². The van der Waals surface area contributed by atoms with Gasteiger partial charge >= 0.3 is 0 Å². The topological polar surface area (TPSA) is 77.3 Å². The van der Waals surface area contributed by atoms with E-state index >= 15 is 0 Å². The van der Waals surface area contributed by atoms with E-state index in [9.17, 15) is 0 Å². The molecule has 2 aliphatic carbocycles. The van der Waals surface area contributed by atoms with Crippen LogP contribution < -0.4 is 0 Å². The van der Waals surface area contributed by atoms with Gasteiger partial charge < -0.3 is 0 Å². The van der Waals surface area contributed by atoms with Crippen molar-refractivity contribution < 1.29 is 0 Å². The number of fused-ring (bicyclic) bond motifs is 12. The molecular weight excluding hydrogens is 877 g/mol. The molecule has 6 nitrogen and oxygen atoms in total. The molecule has 3 aromatic heterocycles. The third-order valence-electron chi connectivity index (χ3n) is 14.7. The van der Waals surface area contributed by atoms with Gasteiger partial charge in [0.1, 0.15) is 0 Å². The Labute approximate surface area is 413 Å². The maximum absolute atomic E-state index is 5.15. The van der Waals surface area contributed by atoms with Gasteiger partial charge in [0.05, 0.1) is 0 Å². The summed E-state index contributed by atoms with van der Waals surface area (Å²) in [4.78, 5) is 29.7. The van der Waals surface area contributed by atoms with Crippen LogP contribution in [-0.4, -0.2) is 29.9 Å². The Hall–Kier alpha value is -9.78. The lowest BCUT2D eigenvalue weighted by atomic mass is 9.85. The highest BCUT2D eigenvalue weighted by Gasteiger charge is 2.42. The number of aromatic nitrogens is 6. The molecule has 13 aromatic rings. The number of nitrogens with zero attached hydrogens (tertiary/aromatic N) is 6. The van der Waals surface area contributed by atoms with Crippen molar-refractivity contribution in [1.29, 1.82) is 0 Å². The second kappa shape index (κ2) is 15.9. The highest BCUT2D eigenvalue weighted by molar-refractivity contribution is 6.39. The minimum Gasteiger partial charge on any atom is -0.237 e. The van der Waals surface area contributed by atoms with Gasteiger partial charge in [-0.1, -0.05) is 146 Å². The van der Waals surface area contributed by atoms with E-state index in [0.29, 0.717) is 17.5 Å². The summed E-state index contributed by atoms with van der Waals surface area (Å²) in [7, 11) is 0. The second-order valence-electron chi connectivity index (χ2n) is 18.6. The molecule has 0 unspecified atom stereocenters. The summed E-state index contributed by atoms with van der Waals surface area (Å²) in [5.74, 6) is 1.82. The summed E-state index contributed by atoms with van der Waals surface area (Å²) in [6, 6.07) is 70.4. The summed E-state index contributed by atoms with van der Waals surface area (Å²) < 4.78 is 0. The number of hydrogen-bond donors (Lipinski definition) is 0. The molecule has 0 atom stereocenters. The van der Waals surface area contributed by atoms with E-state index in [-0.39, 0.29) is 0 Å². The molecule has 3 heterocycles. The molecule has 15 rings (SSSR count). The van der Waals surface area contributed by atoms with E-state index < -0.39 is 0 Å². The molecule has 72 heavy (non-hydrogen) atoms. The highest BCUT2D eigenvalue weighted by atomic mass is 14.9. The Bertz CT molecular complexity index is 4540. The normalized spacial score (nSPS) is 13.4. The van der Waals surface area contributed by atoms with E-state index in [1.165, 1.54) is 64.6 Å². The van der Waals surface area contributed by atoms with Gasteiger partial charge in [-0.05, 0) is 158 Å². The van der Waals surface area contributed by atoms with Crippen molar-refractivity contribution in [3.63, 3.8) is 0 Å². The Kier molecular flexibility index (Phi) is 8.86. The molecule has 0 bridgehead atoms.